The van der Waals surface area contributed by atoms with Crippen LogP contribution in [0.25, 0.3) is 22.3 Å². The Bertz CT molecular complexity index is 1220. The average molecular weight is 535 g/mol. The molecule has 0 N–H and O–H groups in total. The average Bonchev–Trinajstić information content (AvgIpc) is 2.89. The molecule has 1 aliphatic rings. The van der Waals surface area contributed by atoms with Crippen molar-refractivity contribution in [2.75, 3.05) is 0 Å². The molecule has 1 aliphatic carbocycles. The fourth-order valence-electron chi connectivity index (χ4n) is 6.05. The van der Waals surface area contributed by atoms with Crippen LogP contribution in [0.2, 0.25) is 0 Å². The van der Waals surface area contributed by atoms with Gasteiger partial charge in [0, 0.05) is 11.1 Å². The van der Waals surface area contributed by atoms with Gasteiger partial charge in [0.25, 0.3) is 0 Å². The van der Waals surface area contributed by atoms with Gasteiger partial charge in [0.1, 0.15) is 5.82 Å². The van der Waals surface area contributed by atoms with Crippen LogP contribution in [0.15, 0.2) is 60.7 Å². The lowest BCUT2D eigenvalue weighted by atomic mass is 9.65. The maximum absolute atomic E-state index is 15.5. The molecular formula is C31H32F6O. The molecule has 0 heterocycles. The molecule has 3 aromatic rings. The molecular weight excluding hydrogens is 502 g/mol. The molecule has 1 saturated carbocycles. The molecule has 0 saturated heterocycles. The molecule has 0 bridgehead atoms. The first-order valence-electron chi connectivity index (χ1n) is 13.2. The predicted molar refractivity (Wildman–Crippen MR) is 137 cm³/mol. The van der Waals surface area contributed by atoms with Crippen LogP contribution in [-0.4, -0.2) is 12.0 Å². The van der Waals surface area contributed by atoms with E-state index in [1.54, 1.807) is 24.3 Å². The number of ether oxygens (including phenoxy) is 1. The van der Waals surface area contributed by atoms with Gasteiger partial charge in [-0.05, 0) is 53.9 Å². The second kappa shape index (κ2) is 11.5. The highest BCUT2D eigenvalue weighted by atomic mass is 19.4. The van der Waals surface area contributed by atoms with E-state index >= 15 is 13.2 Å². The van der Waals surface area contributed by atoms with Gasteiger partial charge in [-0.25, -0.2) is 13.2 Å². The zero-order valence-corrected chi connectivity index (χ0v) is 21.6. The number of unbranched alkanes of at least 4 members (excludes halogenated alkanes) is 1. The fraction of sp³-hybridized carbons (Fsp3) is 0.419. The van der Waals surface area contributed by atoms with Gasteiger partial charge in [-0.3, -0.25) is 4.74 Å². The Morgan fingerprint density at radius 2 is 1.53 bits per heavy atom. The smallest absolute Gasteiger partial charge is 0.285 e. The summed E-state index contributed by atoms with van der Waals surface area (Å²) in [5.74, 6) is -5.38. The summed E-state index contributed by atoms with van der Waals surface area (Å²) in [4.78, 5) is 0. The summed E-state index contributed by atoms with van der Waals surface area (Å²) in [6.07, 6.45) is -2.04. The zero-order chi connectivity index (χ0) is 27.5. The monoisotopic (exact) mass is 534 g/mol. The minimum absolute atomic E-state index is 0.121. The van der Waals surface area contributed by atoms with Crippen LogP contribution in [-0.2, 0) is 4.74 Å². The Kier molecular flexibility index (Phi) is 8.55. The van der Waals surface area contributed by atoms with Crippen LogP contribution in [0.1, 0.15) is 70.3 Å². The number of benzene rings is 3. The molecule has 0 aliphatic heterocycles. The van der Waals surface area contributed by atoms with E-state index in [0.29, 0.717) is 37.7 Å². The van der Waals surface area contributed by atoms with E-state index in [4.69, 9.17) is 4.74 Å². The van der Waals surface area contributed by atoms with Crippen LogP contribution in [0.3, 0.4) is 0 Å². The molecule has 4 rings (SSSR count). The van der Waals surface area contributed by atoms with Crippen molar-refractivity contribution < 1.29 is 31.1 Å². The number of halogens is 6. The summed E-state index contributed by atoms with van der Waals surface area (Å²) in [5.41, 5.74) is -0.247. The Hall–Kier alpha value is -2.80. The van der Waals surface area contributed by atoms with Gasteiger partial charge >= 0.3 is 6.36 Å². The third-order valence-electron chi connectivity index (χ3n) is 7.87. The molecule has 0 radical (unpaired) electrons. The van der Waals surface area contributed by atoms with Gasteiger partial charge in [0.15, 0.2) is 11.6 Å². The molecule has 7 heteroatoms. The molecule has 0 spiro atoms. The van der Waals surface area contributed by atoms with Crippen LogP contribution in [0.5, 0.6) is 0 Å². The van der Waals surface area contributed by atoms with Crippen molar-refractivity contribution in [2.24, 2.45) is 5.92 Å². The predicted octanol–water partition coefficient (Wildman–Crippen LogP) is 10.2. The quantitative estimate of drug-likeness (QED) is 0.206. The highest BCUT2D eigenvalue weighted by Crippen LogP contribution is 2.50. The van der Waals surface area contributed by atoms with E-state index in [9.17, 15) is 13.2 Å². The zero-order valence-electron chi connectivity index (χ0n) is 21.6. The lowest BCUT2D eigenvalue weighted by Gasteiger charge is -2.47. The Morgan fingerprint density at radius 1 is 0.895 bits per heavy atom. The van der Waals surface area contributed by atoms with Crippen molar-refractivity contribution in [1.29, 1.82) is 0 Å². The molecule has 204 valence electrons. The van der Waals surface area contributed by atoms with E-state index in [1.165, 1.54) is 6.92 Å². The molecule has 3 aromatic carbocycles. The first-order chi connectivity index (χ1) is 18.1. The number of hydrogen-bond acceptors (Lipinski definition) is 1. The molecule has 0 aromatic heterocycles. The Balaban J connectivity index is 1.70. The Labute approximate surface area is 219 Å². The van der Waals surface area contributed by atoms with E-state index in [2.05, 4.69) is 0 Å². The van der Waals surface area contributed by atoms with Crippen molar-refractivity contribution in [3.8, 4) is 22.3 Å². The second-order valence-electron chi connectivity index (χ2n) is 10.2. The molecule has 0 amide bonds. The third-order valence-corrected chi connectivity index (χ3v) is 7.87. The van der Waals surface area contributed by atoms with Crippen molar-refractivity contribution in [2.45, 2.75) is 76.7 Å². The van der Waals surface area contributed by atoms with E-state index in [1.807, 2.05) is 37.3 Å². The van der Waals surface area contributed by atoms with Gasteiger partial charge in [0.2, 0.25) is 0 Å². The molecule has 3 atom stereocenters. The van der Waals surface area contributed by atoms with Crippen LogP contribution in [0, 0.1) is 23.4 Å². The van der Waals surface area contributed by atoms with Crippen molar-refractivity contribution in [3.05, 3.63) is 83.7 Å². The van der Waals surface area contributed by atoms with Gasteiger partial charge in [-0.15, -0.1) is 13.2 Å². The molecule has 1 nitrogen and oxygen atoms in total. The first-order valence-corrected chi connectivity index (χ1v) is 13.2. The van der Waals surface area contributed by atoms with Gasteiger partial charge in [-0.1, -0.05) is 94.1 Å². The lowest BCUT2D eigenvalue weighted by Crippen LogP contribution is -2.49. The van der Waals surface area contributed by atoms with Crippen molar-refractivity contribution in [3.63, 3.8) is 0 Å². The summed E-state index contributed by atoms with van der Waals surface area (Å²) < 4.78 is 91.7. The highest BCUT2D eigenvalue weighted by molar-refractivity contribution is 5.71. The summed E-state index contributed by atoms with van der Waals surface area (Å²) in [6, 6.07) is 17.1. The minimum atomic E-state index is -4.89. The van der Waals surface area contributed by atoms with Gasteiger partial charge in [0.05, 0.1) is 5.60 Å². The standard InChI is InChI=1S/C31H32F6O/c1-3-4-17-30(38-31(35,36)37)18-9-8-12-25(30)20(2)27-26(32)19-24(28(33)29(27)34)23-15-13-22(14-16-23)21-10-6-5-7-11-21/h5-7,10-11,13-16,19-20,25H,3-4,8-9,12,17-18H2,1-2H3. The summed E-state index contributed by atoms with van der Waals surface area (Å²) in [5, 5.41) is 0. The number of rotatable bonds is 8. The summed E-state index contributed by atoms with van der Waals surface area (Å²) in [7, 11) is 0. The third kappa shape index (κ3) is 5.93. The maximum Gasteiger partial charge on any atom is 0.523 e. The molecule has 3 unspecified atom stereocenters. The maximum atomic E-state index is 15.5. The van der Waals surface area contributed by atoms with Crippen molar-refractivity contribution in [1.82, 2.24) is 0 Å². The fourth-order valence-corrected chi connectivity index (χ4v) is 6.05. The topological polar surface area (TPSA) is 9.23 Å². The van der Waals surface area contributed by atoms with E-state index in [0.717, 1.165) is 17.2 Å². The Morgan fingerprint density at radius 3 is 2.16 bits per heavy atom. The first kappa shape index (κ1) is 28.2. The van der Waals surface area contributed by atoms with Gasteiger partial charge in [-0.2, -0.15) is 0 Å². The summed E-state index contributed by atoms with van der Waals surface area (Å²) in [6.45, 7) is 3.34. The SMILES string of the molecule is CCCCC1(OC(F)(F)F)CCCCC1C(C)c1c(F)cc(-c2ccc(-c3ccccc3)cc2)c(F)c1F. The lowest BCUT2D eigenvalue weighted by molar-refractivity contribution is -0.381. The van der Waals surface area contributed by atoms with E-state index < -0.39 is 46.8 Å². The van der Waals surface area contributed by atoms with Crippen LogP contribution >= 0.6 is 0 Å². The molecule has 1 fully saturated rings. The number of hydrogen-bond donors (Lipinski definition) is 0. The molecule has 38 heavy (non-hydrogen) atoms. The minimum Gasteiger partial charge on any atom is -0.285 e. The van der Waals surface area contributed by atoms with Crippen LogP contribution < -0.4 is 0 Å². The van der Waals surface area contributed by atoms with Crippen molar-refractivity contribution >= 4 is 0 Å². The summed E-state index contributed by atoms with van der Waals surface area (Å²) >= 11 is 0. The van der Waals surface area contributed by atoms with Gasteiger partial charge < -0.3 is 0 Å². The normalized spacial score (nSPS) is 20.9. The number of alkyl halides is 3. The largest absolute Gasteiger partial charge is 0.523 e. The second-order valence-corrected chi connectivity index (χ2v) is 10.2. The van der Waals surface area contributed by atoms with Crippen LogP contribution in [0.4, 0.5) is 26.3 Å². The highest BCUT2D eigenvalue weighted by Gasteiger charge is 2.51. The van der Waals surface area contributed by atoms with E-state index in [-0.39, 0.29) is 18.4 Å².